The normalized spacial score (nSPS) is 18.7. The highest BCUT2D eigenvalue weighted by Crippen LogP contribution is 2.19. The molecule has 1 saturated heterocycles. The quantitative estimate of drug-likeness (QED) is 0.449. The number of aliphatic imine (C=N–C) groups is 1. The molecule has 1 aliphatic rings. The van der Waals surface area contributed by atoms with E-state index in [0.29, 0.717) is 24.4 Å². The van der Waals surface area contributed by atoms with E-state index in [-0.39, 0.29) is 6.61 Å². The van der Waals surface area contributed by atoms with Crippen LogP contribution in [-0.2, 0) is 11.3 Å². The number of hydrogen-bond donors (Lipinski definition) is 2. The summed E-state index contributed by atoms with van der Waals surface area (Å²) in [5.74, 6) is 2.65. The van der Waals surface area contributed by atoms with Gasteiger partial charge in [0.1, 0.15) is 0 Å². The second kappa shape index (κ2) is 12.8. The first-order valence-electron chi connectivity index (χ1n) is 10.9. The third kappa shape index (κ3) is 8.19. The van der Waals surface area contributed by atoms with Crippen LogP contribution in [0.2, 0.25) is 0 Å². The van der Waals surface area contributed by atoms with Gasteiger partial charge in [-0.2, -0.15) is 0 Å². The zero-order chi connectivity index (χ0) is 20.2. The monoisotopic (exact) mass is 389 g/mol. The highest BCUT2D eigenvalue weighted by atomic mass is 16.5. The molecule has 0 amide bonds. The molecule has 1 aliphatic heterocycles. The number of guanidine groups is 1. The number of aliphatic hydroxyl groups is 1. The zero-order valence-electron chi connectivity index (χ0n) is 17.9. The lowest BCUT2D eigenvalue weighted by Crippen LogP contribution is -2.40. The lowest BCUT2D eigenvalue weighted by Gasteiger charge is -2.23. The van der Waals surface area contributed by atoms with Gasteiger partial charge in [0.25, 0.3) is 0 Å². The van der Waals surface area contributed by atoms with Gasteiger partial charge in [0, 0.05) is 38.7 Å². The summed E-state index contributed by atoms with van der Waals surface area (Å²) in [6, 6.07) is 10.4. The minimum Gasteiger partial charge on any atom is -0.396 e. The number of benzene rings is 1. The van der Waals surface area contributed by atoms with E-state index in [9.17, 15) is 5.11 Å². The molecule has 28 heavy (non-hydrogen) atoms. The van der Waals surface area contributed by atoms with Gasteiger partial charge < -0.3 is 20.1 Å². The van der Waals surface area contributed by atoms with Crippen molar-refractivity contribution in [3.8, 4) is 0 Å². The van der Waals surface area contributed by atoms with Crippen LogP contribution in [0.4, 0.5) is 0 Å². The van der Waals surface area contributed by atoms with E-state index in [1.807, 2.05) is 6.07 Å². The van der Waals surface area contributed by atoms with Crippen LogP contribution in [0.25, 0.3) is 0 Å². The van der Waals surface area contributed by atoms with Crippen molar-refractivity contribution < 1.29 is 9.84 Å². The largest absolute Gasteiger partial charge is 0.396 e. The maximum absolute atomic E-state index is 9.34. The Morgan fingerprint density at radius 2 is 2.11 bits per heavy atom. The highest BCUT2D eigenvalue weighted by Gasteiger charge is 2.25. The van der Waals surface area contributed by atoms with E-state index in [1.165, 1.54) is 5.56 Å². The molecule has 0 spiro atoms. The van der Waals surface area contributed by atoms with E-state index < -0.39 is 0 Å². The van der Waals surface area contributed by atoms with Crippen LogP contribution in [0, 0.1) is 17.8 Å². The van der Waals surface area contributed by atoms with Crippen molar-refractivity contribution in [3.63, 3.8) is 0 Å². The van der Waals surface area contributed by atoms with Gasteiger partial charge in [-0.3, -0.25) is 4.99 Å². The predicted molar refractivity (Wildman–Crippen MR) is 116 cm³/mol. The van der Waals surface area contributed by atoms with Gasteiger partial charge in [-0.1, -0.05) is 44.2 Å². The summed E-state index contributed by atoms with van der Waals surface area (Å²) in [5.41, 5.74) is 1.23. The van der Waals surface area contributed by atoms with Crippen LogP contribution in [0.5, 0.6) is 0 Å². The zero-order valence-corrected chi connectivity index (χ0v) is 17.9. The van der Waals surface area contributed by atoms with Crippen molar-refractivity contribution >= 4 is 5.96 Å². The highest BCUT2D eigenvalue weighted by molar-refractivity contribution is 5.80. The molecule has 0 bridgehead atoms. The van der Waals surface area contributed by atoms with E-state index >= 15 is 0 Å². The molecule has 2 unspecified atom stereocenters. The number of hydrogen-bond acceptors (Lipinski definition) is 3. The van der Waals surface area contributed by atoms with Crippen LogP contribution in [0.15, 0.2) is 35.3 Å². The van der Waals surface area contributed by atoms with Crippen LogP contribution in [0.1, 0.15) is 45.6 Å². The lowest BCUT2D eigenvalue weighted by molar-refractivity contribution is 0.0906. The molecule has 2 atom stereocenters. The Morgan fingerprint density at radius 3 is 2.79 bits per heavy atom. The van der Waals surface area contributed by atoms with Crippen LogP contribution in [0.3, 0.4) is 0 Å². The Hall–Kier alpha value is -1.59. The van der Waals surface area contributed by atoms with Crippen molar-refractivity contribution in [2.45, 2.75) is 46.6 Å². The first-order valence-corrected chi connectivity index (χ1v) is 10.9. The van der Waals surface area contributed by atoms with Gasteiger partial charge in [0.05, 0.1) is 13.2 Å². The number of ether oxygens (including phenoxy) is 1. The summed E-state index contributed by atoms with van der Waals surface area (Å²) in [7, 11) is 0. The Kier molecular flexibility index (Phi) is 10.4. The van der Waals surface area contributed by atoms with E-state index in [4.69, 9.17) is 9.73 Å². The van der Waals surface area contributed by atoms with E-state index in [0.717, 1.165) is 58.0 Å². The van der Waals surface area contributed by atoms with Crippen molar-refractivity contribution in [1.82, 2.24) is 10.2 Å². The first kappa shape index (κ1) is 22.7. The molecule has 1 fully saturated rings. The molecule has 0 radical (unpaired) electrons. The Bertz CT molecular complexity index is 562. The topological polar surface area (TPSA) is 57.1 Å². The van der Waals surface area contributed by atoms with Crippen LogP contribution >= 0.6 is 0 Å². The fourth-order valence-electron chi connectivity index (χ4n) is 3.85. The molecule has 0 saturated carbocycles. The van der Waals surface area contributed by atoms with E-state index in [2.05, 4.69) is 55.3 Å². The fraction of sp³-hybridized carbons (Fsp3) is 0.696. The average molecular weight is 390 g/mol. The van der Waals surface area contributed by atoms with Gasteiger partial charge in [0.2, 0.25) is 0 Å². The Labute approximate surface area is 171 Å². The number of rotatable bonds is 11. The summed E-state index contributed by atoms with van der Waals surface area (Å²) < 4.78 is 5.95. The molecular formula is C23H39N3O2. The number of likely N-dealkylation sites (tertiary alicyclic amines) is 1. The predicted octanol–water partition coefficient (Wildman–Crippen LogP) is 3.54. The molecule has 5 heteroatoms. The molecule has 5 nitrogen and oxygen atoms in total. The minimum atomic E-state index is 0.244. The molecule has 1 aromatic carbocycles. The van der Waals surface area contributed by atoms with Gasteiger partial charge in [-0.15, -0.1) is 0 Å². The van der Waals surface area contributed by atoms with Crippen molar-refractivity contribution in [1.29, 1.82) is 0 Å². The molecule has 2 rings (SSSR count). The van der Waals surface area contributed by atoms with Gasteiger partial charge in [-0.25, -0.2) is 0 Å². The summed E-state index contributed by atoms with van der Waals surface area (Å²) in [5, 5.41) is 12.8. The summed E-state index contributed by atoms with van der Waals surface area (Å²) >= 11 is 0. The molecule has 2 N–H and O–H groups in total. The third-order valence-corrected chi connectivity index (χ3v) is 5.23. The van der Waals surface area contributed by atoms with Gasteiger partial charge in [-0.05, 0) is 43.6 Å². The van der Waals surface area contributed by atoms with Gasteiger partial charge in [0.15, 0.2) is 5.96 Å². The number of aliphatic hydroxyl groups excluding tert-OH is 1. The standard InChI is InChI=1S/C23H39N3O2/c1-4-24-23(25-15-21(11-13-27)14-19(2)3)26-12-10-22(16-26)18-28-17-20-8-6-5-7-9-20/h5-9,19,21-22,27H,4,10-18H2,1-3H3,(H,24,25). The SMILES string of the molecule is CCNC(=NCC(CCO)CC(C)C)N1CCC(COCc2ccccc2)C1. The van der Waals surface area contributed by atoms with Crippen molar-refractivity contribution in [3.05, 3.63) is 35.9 Å². The summed E-state index contributed by atoms with van der Waals surface area (Å²) in [4.78, 5) is 7.28. The molecule has 1 aromatic rings. The van der Waals surface area contributed by atoms with Gasteiger partial charge >= 0.3 is 0 Å². The molecule has 1 heterocycles. The second-order valence-corrected chi connectivity index (χ2v) is 8.30. The van der Waals surface area contributed by atoms with Crippen LogP contribution < -0.4 is 5.32 Å². The lowest BCUT2D eigenvalue weighted by atomic mass is 9.94. The minimum absolute atomic E-state index is 0.244. The Balaban J connectivity index is 1.82. The number of nitrogens with one attached hydrogen (secondary N) is 1. The average Bonchev–Trinajstić information content (AvgIpc) is 3.14. The maximum atomic E-state index is 9.34. The van der Waals surface area contributed by atoms with E-state index in [1.54, 1.807) is 0 Å². The maximum Gasteiger partial charge on any atom is 0.193 e. The van der Waals surface area contributed by atoms with Crippen molar-refractivity contribution in [2.75, 3.05) is 39.4 Å². The number of nitrogens with zero attached hydrogens (tertiary/aromatic N) is 2. The summed E-state index contributed by atoms with van der Waals surface area (Å²) in [6.07, 6.45) is 3.09. The fourth-order valence-corrected chi connectivity index (χ4v) is 3.85. The first-order chi connectivity index (χ1) is 13.6. The third-order valence-electron chi connectivity index (χ3n) is 5.23. The molecule has 0 aliphatic carbocycles. The molecule has 158 valence electrons. The second-order valence-electron chi connectivity index (χ2n) is 8.30. The summed E-state index contributed by atoms with van der Waals surface area (Å²) in [6.45, 7) is 12.0. The molecule has 0 aromatic heterocycles. The van der Waals surface area contributed by atoms with Crippen LogP contribution in [-0.4, -0.2) is 55.4 Å². The Morgan fingerprint density at radius 1 is 1.32 bits per heavy atom. The smallest absolute Gasteiger partial charge is 0.193 e. The molecular weight excluding hydrogens is 350 g/mol. The van der Waals surface area contributed by atoms with Crippen molar-refractivity contribution in [2.24, 2.45) is 22.7 Å².